The molecule has 0 saturated carbocycles. The largest absolute Gasteiger partial charge is 0.380 e. The van der Waals surface area contributed by atoms with Crippen LogP contribution in [0, 0.1) is 18.3 Å². The van der Waals surface area contributed by atoms with Gasteiger partial charge in [-0.25, -0.2) is 0 Å². The minimum Gasteiger partial charge on any atom is -0.380 e. The summed E-state index contributed by atoms with van der Waals surface area (Å²) in [5, 5.41) is 14.9. The first-order valence-corrected chi connectivity index (χ1v) is 8.20. The third kappa shape index (κ3) is 4.25. The molecule has 0 bridgehead atoms. The van der Waals surface area contributed by atoms with Crippen molar-refractivity contribution in [2.24, 2.45) is 0 Å². The Bertz CT molecular complexity index is 958. The van der Waals surface area contributed by atoms with E-state index < -0.39 is 0 Å². The second kappa shape index (κ2) is 7.95. The van der Waals surface area contributed by atoms with Crippen LogP contribution in [0.5, 0.6) is 0 Å². The number of amides is 1. The first-order chi connectivity index (χ1) is 12.7. The number of hydrogen-bond donors (Lipinski definition) is 2. The zero-order chi connectivity index (χ0) is 18.4. The van der Waals surface area contributed by atoms with Gasteiger partial charge in [0.25, 0.3) is 5.91 Å². The highest BCUT2D eigenvalue weighted by Crippen LogP contribution is 2.15. The van der Waals surface area contributed by atoms with Gasteiger partial charge in [0.1, 0.15) is 0 Å². The van der Waals surface area contributed by atoms with E-state index in [9.17, 15) is 4.79 Å². The molecule has 0 spiro atoms. The number of carbonyl (C=O) groups excluding carboxylic acids is 1. The van der Waals surface area contributed by atoms with E-state index in [-0.39, 0.29) is 5.91 Å². The second-order valence-electron chi connectivity index (χ2n) is 5.89. The van der Waals surface area contributed by atoms with Gasteiger partial charge < -0.3 is 10.6 Å². The Morgan fingerprint density at radius 3 is 2.58 bits per heavy atom. The third-order valence-electron chi connectivity index (χ3n) is 4.02. The molecule has 3 rings (SSSR count). The Morgan fingerprint density at radius 1 is 1.08 bits per heavy atom. The summed E-state index contributed by atoms with van der Waals surface area (Å²) in [5.74, 6) is -0.248. The molecular formula is C21H18N4O. The van der Waals surface area contributed by atoms with Gasteiger partial charge in [-0.05, 0) is 48.4 Å². The van der Waals surface area contributed by atoms with E-state index in [2.05, 4.69) is 34.7 Å². The van der Waals surface area contributed by atoms with Crippen molar-refractivity contribution in [2.45, 2.75) is 13.5 Å². The summed E-state index contributed by atoms with van der Waals surface area (Å²) in [4.78, 5) is 16.5. The molecule has 1 aromatic heterocycles. The molecule has 128 valence electrons. The summed E-state index contributed by atoms with van der Waals surface area (Å²) >= 11 is 0. The van der Waals surface area contributed by atoms with Crippen LogP contribution in [-0.2, 0) is 6.54 Å². The van der Waals surface area contributed by atoms with E-state index >= 15 is 0 Å². The van der Waals surface area contributed by atoms with Crippen molar-refractivity contribution in [1.29, 1.82) is 5.26 Å². The van der Waals surface area contributed by atoms with Gasteiger partial charge in [0.05, 0.1) is 22.9 Å². The number of pyridine rings is 1. The normalized spacial score (nSPS) is 10.0. The van der Waals surface area contributed by atoms with Crippen molar-refractivity contribution < 1.29 is 4.79 Å². The lowest BCUT2D eigenvalue weighted by atomic mass is 10.1. The maximum Gasteiger partial charge on any atom is 0.257 e. The van der Waals surface area contributed by atoms with Gasteiger partial charge in [0.2, 0.25) is 0 Å². The summed E-state index contributed by atoms with van der Waals surface area (Å²) < 4.78 is 0. The predicted octanol–water partition coefficient (Wildman–Crippen LogP) is 4.13. The second-order valence-corrected chi connectivity index (χ2v) is 5.89. The van der Waals surface area contributed by atoms with E-state index in [0.717, 1.165) is 5.69 Å². The van der Waals surface area contributed by atoms with Gasteiger partial charge in [-0.3, -0.25) is 9.78 Å². The molecule has 5 nitrogen and oxygen atoms in total. The molecule has 2 aromatic carbocycles. The summed E-state index contributed by atoms with van der Waals surface area (Å²) in [6.07, 6.45) is 3.22. The minimum atomic E-state index is -0.248. The Labute approximate surface area is 152 Å². The van der Waals surface area contributed by atoms with Crippen LogP contribution in [0.4, 0.5) is 11.4 Å². The first kappa shape index (κ1) is 17.2. The first-order valence-electron chi connectivity index (χ1n) is 8.20. The number of aryl methyl sites for hydroxylation is 1. The molecule has 0 fully saturated rings. The molecule has 26 heavy (non-hydrogen) atoms. The van der Waals surface area contributed by atoms with Gasteiger partial charge in [0.15, 0.2) is 0 Å². The zero-order valence-corrected chi connectivity index (χ0v) is 14.4. The summed E-state index contributed by atoms with van der Waals surface area (Å²) in [5.41, 5.74) is 4.83. The highest BCUT2D eigenvalue weighted by Gasteiger charge is 2.08. The number of nitrogens with zero attached hydrogens (tertiary/aromatic N) is 2. The summed E-state index contributed by atoms with van der Waals surface area (Å²) in [6, 6.07) is 18.7. The quantitative estimate of drug-likeness (QED) is 0.731. The molecule has 2 N–H and O–H groups in total. The van der Waals surface area contributed by atoms with E-state index in [1.165, 1.54) is 17.3 Å². The van der Waals surface area contributed by atoms with Crippen LogP contribution in [0.3, 0.4) is 0 Å². The molecule has 5 heteroatoms. The Morgan fingerprint density at radius 2 is 1.85 bits per heavy atom. The number of nitrogens with one attached hydrogen (secondary N) is 2. The molecule has 1 amide bonds. The third-order valence-corrected chi connectivity index (χ3v) is 4.02. The van der Waals surface area contributed by atoms with Crippen LogP contribution in [0.15, 0.2) is 67.0 Å². The van der Waals surface area contributed by atoms with Gasteiger partial charge in [0, 0.05) is 24.6 Å². The van der Waals surface area contributed by atoms with E-state index in [0.29, 0.717) is 23.4 Å². The maximum absolute atomic E-state index is 12.4. The maximum atomic E-state index is 12.4. The summed E-state index contributed by atoms with van der Waals surface area (Å²) in [6.45, 7) is 2.73. The fourth-order valence-corrected chi connectivity index (χ4v) is 2.50. The SMILES string of the molecule is Cc1ccccc1CNc1cncc(C(=O)Nc2ccc(C#N)cc2)c1. The molecule has 1 heterocycles. The van der Waals surface area contributed by atoms with Crippen LogP contribution in [0.1, 0.15) is 27.0 Å². The number of hydrogen-bond acceptors (Lipinski definition) is 4. The van der Waals surface area contributed by atoms with Gasteiger partial charge in [-0.2, -0.15) is 5.26 Å². The van der Waals surface area contributed by atoms with Crippen molar-refractivity contribution in [3.63, 3.8) is 0 Å². The molecule has 0 radical (unpaired) electrons. The lowest BCUT2D eigenvalue weighted by Crippen LogP contribution is -2.13. The van der Waals surface area contributed by atoms with E-state index in [1.54, 1.807) is 36.5 Å². The Hall–Kier alpha value is -3.65. The van der Waals surface area contributed by atoms with Crippen molar-refractivity contribution >= 4 is 17.3 Å². The van der Waals surface area contributed by atoms with Gasteiger partial charge in [-0.1, -0.05) is 24.3 Å². The average molecular weight is 342 g/mol. The molecular weight excluding hydrogens is 324 g/mol. The predicted molar refractivity (Wildman–Crippen MR) is 102 cm³/mol. The van der Waals surface area contributed by atoms with Crippen LogP contribution >= 0.6 is 0 Å². The Kier molecular flexibility index (Phi) is 5.25. The molecule has 0 unspecified atom stereocenters. The molecule has 3 aromatic rings. The van der Waals surface area contributed by atoms with Crippen LogP contribution in [0.25, 0.3) is 0 Å². The van der Waals surface area contributed by atoms with Crippen molar-refractivity contribution in [2.75, 3.05) is 10.6 Å². The molecule has 0 atom stereocenters. The molecule has 0 aliphatic heterocycles. The number of carbonyl (C=O) groups is 1. The van der Waals surface area contributed by atoms with Crippen molar-refractivity contribution in [3.05, 3.63) is 89.2 Å². The van der Waals surface area contributed by atoms with Crippen molar-refractivity contribution in [1.82, 2.24) is 4.98 Å². The molecule has 0 saturated heterocycles. The van der Waals surface area contributed by atoms with Crippen molar-refractivity contribution in [3.8, 4) is 6.07 Å². The topological polar surface area (TPSA) is 77.8 Å². The average Bonchev–Trinajstić information content (AvgIpc) is 2.68. The number of benzene rings is 2. The van der Waals surface area contributed by atoms with E-state index in [1.807, 2.05) is 18.2 Å². The van der Waals surface area contributed by atoms with Gasteiger partial charge >= 0.3 is 0 Å². The standard InChI is InChI=1S/C21H18N4O/c1-15-4-2-3-5-17(15)13-24-20-10-18(12-23-14-20)21(26)25-19-8-6-16(11-22)7-9-19/h2-10,12,14,24H,13H2,1H3,(H,25,26). The van der Waals surface area contributed by atoms with Crippen LogP contribution < -0.4 is 10.6 Å². The number of rotatable bonds is 5. The van der Waals surface area contributed by atoms with E-state index in [4.69, 9.17) is 5.26 Å². The van der Waals surface area contributed by atoms with Gasteiger partial charge in [-0.15, -0.1) is 0 Å². The molecule has 0 aliphatic carbocycles. The number of nitriles is 1. The monoisotopic (exact) mass is 342 g/mol. The summed E-state index contributed by atoms with van der Waals surface area (Å²) in [7, 11) is 0. The number of anilines is 2. The Balaban J connectivity index is 1.67. The highest BCUT2D eigenvalue weighted by atomic mass is 16.1. The minimum absolute atomic E-state index is 0.248. The molecule has 0 aliphatic rings. The fourth-order valence-electron chi connectivity index (χ4n) is 2.50. The van der Waals surface area contributed by atoms with Crippen LogP contribution in [-0.4, -0.2) is 10.9 Å². The lowest BCUT2D eigenvalue weighted by Gasteiger charge is -2.10. The number of aromatic nitrogens is 1. The lowest BCUT2D eigenvalue weighted by molar-refractivity contribution is 0.102. The van der Waals surface area contributed by atoms with Crippen LogP contribution in [0.2, 0.25) is 0 Å². The fraction of sp³-hybridized carbons (Fsp3) is 0.0952. The highest BCUT2D eigenvalue weighted by molar-refractivity contribution is 6.04. The smallest absolute Gasteiger partial charge is 0.257 e. The zero-order valence-electron chi connectivity index (χ0n) is 14.4.